The summed E-state index contributed by atoms with van der Waals surface area (Å²) in [6.45, 7) is 9.57. The Morgan fingerprint density at radius 1 is 1.18 bits per heavy atom. The molecule has 1 saturated carbocycles. The lowest BCUT2D eigenvalue weighted by atomic mass is 9.94. The minimum atomic E-state index is -0.574. The van der Waals surface area contributed by atoms with Gasteiger partial charge in [0.1, 0.15) is 17.2 Å². The zero-order chi connectivity index (χ0) is 24.0. The second-order valence-electron chi connectivity index (χ2n) is 10.5. The summed E-state index contributed by atoms with van der Waals surface area (Å²) in [6.07, 6.45) is 5.30. The molecule has 0 N–H and O–H groups in total. The molecule has 3 aromatic rings. The third-order valence-corrected chi connectivity index (χ3v) is 6.67. The molecule has 1 saturated heterocycles. The molecule has 2 aliphatic rings. The summed E-state index contributed by atoms with van der Waals surface area (Å²) in [6, 6.07) is 12.6. The number of aromatic nitrogens is 2. The fourth-order valence-corrected chi connectivity index (χ4v) is 4.88. The second-order valence-corrected chi connectivity index (χ2v) is 10.5. The first kappa shape index (κ1) is 22.5. The van der Waals surface area contributed by atoms with Crippen LogP contribution in [-0.2, 0) is 11.2 Å². The highest BCUT2D eigenvalue weighted by molar-refractivity contribution is 5.95. The quantitative estimate of drug-likeness (QED) is 0.449. The van der Waals surface area contributed by atoms with Gasteiger partial charge in [-0.25, -0.2) is 9.31 Å². The number of carbonyl (C=O) groups is 1. The van der Waals surface area contributed by atoms with Crippen molar-refractivity contribution in [1.82, 2.24) is 9.61 Å². The number of nitrogens with zero attached hydrogens (tertiary/aromatic N) is 4. The van der Waals surface area contributed by atoms with E-state index in [9.17, 15) is 10.1 Å². The number of hydrogen-bond acceptors (Lipinski definition) is 5. The van der Waals surface area contributed by atoms with Gasteiger partial charge in [0.2, 0.25) is 0 Å². The molecule has 34 heavy (non-hydrogen) atoms. The van der Waals surface area contributed by atoms with Gasteiger partial charge in [0, 0.05) is 24.3 Å². The number of benzene rings is 1. The third-order valence-electron chi connectivity index (χ3n) is 6.67. The number of rotatable bonds is 5. The smallest absolute Gasteiger partial charge is 0.338 e. The maximum Gasteiger partial charge on any atom is 0.338 e. The van der Waals surface area contributed by atoms with Crippen molar-refractivity contribution < 1.29 is 9.53 Å². The number of carbonyl (C=O) groups excluding carboxylic acids is 1. The Kier molecular flexibility index (Phi) is 5.59. The molecular weight excluding hydrogens is 424 g/mol. The first-order valence-electron chi connectivity index (χ1n) is 12.4. The highest BCUT2D eigenvalue weighted by atomic mass is 16.6. The number of fused-ring (bicyclic) bond motifs is 1. The summed E-state index contributed by atoms with van der Waals surface area (Å²) in [5, 5.41) is 15.3. The zero-order valence-electron chi connectivity index (χ0n) is 20.5. The minimum Gasteiger partial charge on any atom is -0.456 e. The number of hydrogen-bond donors (Lipinski definition) is 0. The predicted octanol–water partition coefficient (Wildman–Crippen LogP) is 5.87. The average molecular weight is 457 g/mol. The molecule has 1 aliphatic carbocycles. The fraction of sp³-hybridized carbons (Fsp3) is 0.464. The lowest BCUT2D eigenvalue weighted by Crippen LogP contribution is -2.24. The Hall–Kier alpha value is -3.33. The van der Waals surface area contributed by atoms with Crippen LogP contribution in [0.3, 0.4) is 0 Å². The van der Waals surface area contributed by atoms with Crippen molar-refractivity contribution >= 4 is 17.3 Å². The van der Waals surface area contributed by atoms with Crippen LogP contribution in [0.2, 0.25) is 0 Å². The summed E-state index contributed by atoms with van der Waals surface area (Å²) in [5.41, 5.74) is 5.43. The molecule has 1 aliphatic heterocycles. The monoisotopic (exact) mass is 456 g/mol. The van der Waals surface area contributed by atoms with Gasteiger partial charge in [0.25, 0.3) is 0 Å². The van der Waals surface area contributed by atoms with Gasteiger partial charge in [-0.05, 0) is 94.2 Å². The summed E-state index contributed by atoms with van der Waals surface area (Å²) < 4.78 is 7.70. The van der Waals surface area contributed by atoms with Gasteiger partial charge in [0.15, 0.2) is 5.82 Å². The van der Waals surface area contributed by atoms with Crippen LogP contribution in [0.25, 0.3) is 16.6 Å². The maximum absolute atomic E-state index is 13.1. The Morgan fingerprint density at radius 2 is 1.91 bits per heavy atom. The molecule has 0 spiro atoms. The molecule has 2 fully saturated rings. The Labute approximate surface area is 201 Å². The van der Waals surface area contributed by atoms with Gasteiger partial charge in [-0.3, -0.25) is 0 Å². The van der Waals surface area contributed by atoms with E-state index in [-0.39, 0.29) is 5.97 Å². The molecule has 0 atom stereocenters. The van der Waals surface area contributed by atoms with Crippen molar-refractivity contribution in [3.05, 3.63) is 52.7 Å². The Morgan fingerprint density at radius 3 is 2.53 bits per heavy atom. The van der Waals surface area contributed by atoms with E-state index in [0.29, 0.717) is 17.0 Å². The molecule has 6 heteroatoms. The fourth-order valence-electron chi connectivity index (χ4n) is 4.88. The molecule has 1 aromatic carbocycles. The number of aryl methyl sites for hydroxylation is 1. The molecule has 0 radical (unpaired) electrons. The standard InChI is InChI=1S/C28H32N4O2/c1-5-22-10-11-24-25(23(17-29)26(30-32(22)24)31-12-6-7-13-31)20-14-19(18-8-9-18)15-21(16-20)27(33)34-28(2,3)4/h10-11,14-16,18H,5-9,12-13H2,1-4H3. The van der Waals surface area contributed by atoms with E-state index in [2.05, 4.69) is 30.0 Å². The topological polar surface area (TPSA) is 70.6 Å². The van der Waals surface area contributed by atoms with Gasteiger partial charge in [-0.15, -0.1) is 5.10 Å². The van der Waals surface area contributed by atoms with E-state index in [0.717, 1.165) is 78.9 Å². The van der Waals surface area contributed by atoms with E-state index >= 15 is 0 Å². The van der Waals surface area contributed by atoms with Crippen LogP contribution in [0, 0.1) is 11.3 Å². The lowest BCUT2D eigenvalue weighted by Gasteiger charge is -2.22. The Balaban J connectivity index is 1.76. The molecule has 0 bridgehead atoms. The Bertz CT molecular complexity index is 1300. The number of ether oxygens (including phenoxy) is 1. The predicted molar refractivity (Wildman–Crippen MR) is 133 cm³/mol. The van der Waals surface area contributed by atoms with E-state index in [1.54, 1.807) is 0 Å². The van der Waals surface area contributed by atoms with Crippen LogP contribution in [-0.4, -0.2) is 34.3 Å². The third kappa shape index (κ3) is 4.16. The molecule has 2 aromatic heterocycles. The molecule has 6 nitrogen and oxygen atoms in total. The average Bonchev–Trinajstić information content (AvgIpc) is 3.35. The summed E-state index contributed by atoms with van der Waals surface area (Å²) in [4.78, 5) is 15.3. The van der Waals surface area contributed by atoms with Gasteiger partial charge < -0.3 is 9.64 Å². The molecule has 0 unspecified atom stereocenters. The number of esters is 1. The summed E-state index contributed by atoms with van der Waals surface area (Å²) >= 11 is 0. The first-order valence-corrected chi connectivity index (χ1v) is 12.4. The van der Waals surface area contributed by atoms with Crippen molar-refractivity contribution in [1.29, 1.82) is 5.26 Å². The van der Waals surface area contributed by atoms with Gasteiger partial charge >= 0.3 is 5.97 Å². The van der Waals surface area contributed by atoms with Crippen molar-refractivity contribution in [3.63, 3.8) is 0 Å². The van der Waals surface area contributed by atoms with E-state index in [1.807, 2.05) is 43.5 Å². The highest BCUT2D eigenvalue weighted by Gasteiger charge is 2.29. The van der Waals surface area contributed by atoms with Crippen molar-refractivity contribution in [2.45, 2.75) is 71.3 Å². The van der Waals surface area contributed by atoms with Gasteiger partial charge in [-0.2, -0.15) is 5.26 Å². The molecule has 0 amide bonds. The largest absolute Gasteiger partial charge is 0.456 e. The van der Waals surface area contributed by atoms with Crippen LogP contribution < -0.4 is 4.90 Å². The van der Waals surface area contributed by atoms with Crippen LogP contribution in [0.1, 0.15) is 86.5 Å². The zero-order valence-corrected chi connectivity index (χ0v) is 20.5. The molecule has 5 rings (SSSR count). The van der Waals surface area contributed by atoms with Crippen molar-refractivity contribution in [2.24, 2.45) is 0 Å². The van der Waals surface area contributed by atoms with E-state index in [1.165, 1.54) is 0 Å². The first-order chi connectivity index (χ1) is 16.3. The normalized spacial score (nSPS) is 16.1. The van der Waals surface area contributed by atoms with Crippen molar-refractivity contribution in [2.75, 3.05) is 18.0 Å². The van der Waals surface area contributed by atoms with Gasteiger partial charge in [0.05, 0.1) is 11.1 Å². The summed E-state index contributed by atoms with van der Waals surface area (Å²) in [5.74, 6) is 0.869. The van der Waals surface area contributed by atoms with Gasteiger partial charge in [-0.1, -0.05) is 13.0 Å². The highest BCUT2D eigenvalue weighted by Crippen LogP contribution is 2.43. The van der Waals surface area contributed by atoms with E-state index < -0.39 is 5.60 Å². The molecular formula is C28H32N4O2. The van der Waals surface area contributed by atoms with Crippen LogP contribution in [0.15, 0.2) is 30.3 Å². The summed E-state index contributed by atoms with van der Waals surface area (Å²) in [7, 11) is 0. The van der Waals surface area contributed by atoms with E-state index in [4.69, 9.17) is 9.84 Å². The maximum atomic E-state index is 13.1. The number of nitriles is 1. The SMILES string of the molecule is CCc1ccc2c(-c3cc(C(=O)OC(C)(C)C)cc(C4CC4)c3)c(C#N)c(N3CCCC3)nn12. The van der Waals surface area contributed by atoms with Crippen molar-refractivity contribution in [3.8, 4) is 17.2 Å². The second kappa shape index (κ2) is 8.47. The van der Waals surface area contributed by atoms with Crippen LogP contribution in [0.5, 0.6) is 0 Å². The van der Waals surface area contributed by atoms with Crippen LogP contribution in [0.4, 0.5) is 5.82 Å². The molecule has 3 heterocycles. The van der Waals surface area contributed by atoms with Crippen LogP contribution >= 0.6 is 0 Å². The lowest BCUT2D eigenvalue weighted by molar-refractivity contribution is 0.00694. The minimum absolute atomic E-state index is 0.329. The number of anilines is 1. The molecule has 176 valence electrons.